The van der Waals surface area contributed by atoms with Gasteiger partial charge in [-0.05, 0) is 12.1 Å². The van der Waals surface area contributed by atoms with Gasteiger partial charge in [0.05, 0.1) is 20.2 Å². The van der Waals surface area contributed by atoms with Crippen LogP contribution >= 0.6 is 22.9 Å². The van der Waals surface area contributed by atoms with E-state index in [1.807, 2.05) is 18.2 Å². The minimum Gasteiger partial charge on any atom is -0.330 e. The zero-order valence-electron chi connectivity index (χ0n) is 7.83. The van der Waals surface area contributed by atoms with Crippen LogP contribution in [0.15, 0.2) is 18.2 Å². The van der Waals surface area contributed by atoms with Crippen LogP contribution in [0, 0.1) is 0 Å². The number of aromatic nitrogens is 1. The third kappa shape index (κ3) is 1.63. The van der Waals surface area contributed by atoms with E-state index in [0.717, 1.165) is 20.2 Å². The van der Waals surface area contributed by atoms with Gasteiger partial charge in [0.15, 0.2) is 0 Å². The fourth-order valence-corrected chi connectivity index (χ4v) is 2.56. The third-order valence-corrected chi connectivity index (χ3v) is 3.92. The molecule has 2 N–H and O–H groups in total. The summed E-state index contributed by atoms with van der Waals surface area (Å²) in [7, 11) is 0. The second-order valence-electron chi connectivity index (χ2n) is 3.28. The molecule has 0 saturated carbocycles. The van der Waals surface area contributed by atoms with E-state index in [1.165, 1.54) is 0 Å². The van der Waals surface area contributed by atoms with Crippen LogP contribution in [0.1, 0.15) is 17.8 Å². The molecule has 0 aliphatic carbocycles. The van der Waals surface area contributed by atoms with E-state index in [4.69, 9.17) is 17.3 Å². The fourth-order valence-electron chi connectivity index (χ4n) is 1.24. The summed E-state index contributed by atoms with van der Waals surface area (Å²) >= 11 is 7.69. The van der Waals surface area contributed by atoms with Crippen LogP contribution in [0.5, 0.6) is 0 Å². The van der Waals surface area contributed by atoms with E-state index in [1.54, 1.807) is 11.3 Å². The highest BCUT2D eigenvalue weighted by Crippen LogP contribution is 2.31. The van der Waals surface area contributed by atoms with Crippen LogP contribution < -0.4 is 5.73 Å². The standard InChI is InChI=1S/C10H11ClN2S/c1-6(5-12)10-13-8-4-2-3-7(11)9(8)14-10/h2-4,6H,5,12H2,1H3. The normalized spacial score (nSPS) is 13.4. The first-order chi connectivity index (χ1) is 6.72. The molecule has 14 heavy (non-hydrogen) atoms. The molecule has 0 spiro atoms. The van der Waals surface area contributed by atoms with E-state index in [0.29, 0.717) is 12.5 Å². The van der Waals surface area contributed by atoms with E-state index >= 15 is 0 Å². The summed E-state index contributed by atoms with van der Waals surface area (Å²) in [6, 6.07) is 5.78. The smallest absolute Gasteiger partial charge is 0.0979 e. The molecule has 1 atom stereocenters. The SMILES string of the molecule is CC(CN)c1nc2cccc(Cl)c2s1. The number of fused-ring (bicyclic) bond motifs is 1. The second kappa shape index (κ2) is 3.85. The molecular weight excluding hydrogens is 216 g/mol. The predicted octanol–water partition coefficient (Wildman–Crippen LogP) is 3.01. The third-order valence-electron chi connectivity index (χ3n) is 2.16. The van der Waals surface area contributed by atoms with Gasteiger partial charge in [0.25, 0.3) is 0 Å². The van der Waals surface area contributed by atoms with Crippen molar-refractivity contribution in [2.24, 2.45) is 5.73 Å². The van der Waals surface area contributed by atoms with Gasteiger partial charge in [0.1, 0.15) is 0 Å². The van der Waals surface area contributed by atoms with Crippen molar-refractivity contribution in [3.05, 3.63) is 28.2 Å². The fraction of sp³-hybridized carbons (Fsp3) is 0.300. The number of nitrogens with two attached hydrogens (primary N) is 1. The second-order valence-corrected chi connectivity index (χ2v) is 4.71. The molecule has 4 heteroatoms. The molecule has 2 rings (SSSR count). The van der Waals surface area contributed by atoms with E-state index in [9.17, 15) is 0 Å². The molecule has 0 aliphatic rings. The van der Waals surface area contributed by atoms with Crippen molar-refractivity contribution in [2.75, 3.05) is 6.54 Å². The van der Waals surface area contributed by atoms with Gasteiger partial charge in [-0.3, -0.25) is 0 Å². The quantitative estimate of drug-likeness (QED) is 0.855. The van der Waals surface area contributed by atoms with Gasteiger partial charge in [-0.25, -0.2) is 4.98 Å². The van der Waals surface area contributed by atoms with Crippen LogP contribution in [0.3, 0.4) is 0 Å². The van der Waals surface area contributed by atoms with Gasteiger partial charge in [0, 0.05) is 12.5 Å². The minimum absolute atomic E-state index is 0.309. The largest absolute Gasteiger partial charge is 0.330 e. The Morgan fingerprint density at radius 2 is 2.36 bits per heavy atom. The molecule has 0 saturated heterocycles. The van der Waals surface area contributed by atoms with Gasteiger partial charge >= 0.3 is 0 Å². The minimum atomic E-state index is 0.309. The molecular formula is C10H11ClN2S. The van der Waals surface area contributed by atoms with Crippen molar-refractivity contribution < 1.29 is 0 Å². The molecule has 0 fully saturated rings. The number of thiazole rings is 1. The molecule has 1 heterocycles. The lowest BCUT2D eigenvalue weighted by molar-refractivity contribution is 0.768. The topological polar surface area (TPSA) is 38.9 Å². The molecule has 0 radical (unpaired) electrons. The average molecular weight is 227 g/mol. The van der Waals surface area contributed by atoms with Crippen molar-refractivity contribution in [3.63, 3.8) is 0 Å². The van der Waals surface area contributed by atoms with Crippen LogP contribution in [0.4, 0.5) is 0 Å². The zero-order chi connectivity index (χ0) is 10.1. The highest BCUT2D eigenvalue weighted by Gasteiger charge is 2.11. The monoisotopic (exact) mass is 226 g/mol. The molecule has 74 valence electrons. The van der Waals surface area contributed by atoms with Gasteiger partial charge in [-0.2, -0.15) is 0 Å². The first kappa shape index (κ1) is 9.90. The Bertz CT molecular complexity index is 452. The Labute approximate surface area is 91.7 Å². The first-order valence-electron chi connectivity index (χ1n) is 4.47. The van der Waals surface area contributed by atoms with Crippen molar-refractivity contribution in [3.8, 4) is 0 Å². The Balaban J connectivity index is 2.56. The highest BCUT2D eigenvalue weighted by atomic mass is 35.5. The van der Waals surface area contributed by atoms with Crippen LogP contribution in [0.2, 0.25) is 5.02 Å². The van der Waals surface area contributed by atoms with Crippen molar-refractivity contribution >= 4 is 33.2 Å². The number of nitrogens with zero attached hydrogens (tertiary/aromatic N) is 1. The lowest BCUT2D eigenvalue weighted by Crippen LogP contribution is -2.08. The first-order valence-corrected chi connectivity index (χ1v) is 5.67. The Kier molecular flexibility index (Phi) is 2.72. The summed E-state index contributed by atoms with van der Waals surface area (Å²) < 4.78 is 1.06. The maximum Gasteiger partial charge on any atom is 0.0979 e. The molecule has 2 nitrogen and oxygen atoms in total. The summed E-state index contributed by atoms with van der Waals surface area (Å²) in [6.07, 6.45) is 0. The van der Waals surface area contributed by atoms with Gasteiger partial charge in [0.2, 0.25) is 0 Å². The highest BCUT2D eigenvalue weighted by molar-refractivity contribution is 7.19. The van der Waals surface area contributed by atoms with Crippen molar-refractivity contribution in [1.82, 2.24) is 4.98 Å². The predicted molar refractivity (Wildman–Crippen MR) is 62.1 cm³/mol. The molecule has 1 aromatic heterocycles. The summed E-state index contributed by atoms with van der Waals surface area (Å²) in [4.78, 5) is 4.50. The number of hydrogen-bond acceptors (Lipinski definition) is 3. The number of halogens is 1. The summed E-state index contributed by atoms with van der Waals surface area (Å²) in [5.41, 5.74) is 6.57. The van der Waals surface area contributed by atoms with Crippen LogP contribution in [-0.4, -0.2) is 11.5 Å². The summed E-state index contributed by atoms with van der Waals surface area (Å²) in [5.74, 6) is 0.309. The lowest BCUT2D eigenvalue weighted by Gasteiger charge is -2.00. The molecule has 1 unspecified atom stereocenters. The number of rotatable bonds is 2. The maximum absolute atomic E-state index is 6.06. The number of benzene rings is 1. The Hall–Kier alpha value is -0.640. The molecule has 2 aromatic rings. The molecule has 1 aromatic carbocycles. The Morgan fingerprint density at radius 1 is 1.57 bits per heavy atom. The average Bonchev–Trinajstić information content (AvgIpc) is 2.62. The van der Waals surface area contributed by atoms with Gasteiger partial charge < -0.3 is 5.73 Å². The van der Waals surface area contributed by atoms with E-state index in [-0.39, 0.29) is 0 Å². The summed E-state index contributed by atoms with van der Waals surface area (Å²) in [6.45, 7) is 2.70. The van der Waals surface area contributed by atoms with Crippen molar-refractivity contribution in [1.29, 1.82) is 0 Å². The molecule has 0 aliphatic heterocycles. The van der Waals surface area contributed by atoms with Crippen LogP contribution in [-0.2, 0) is 0 Å². The Morgan fingerprint density at radius 3 is 3.00 bits per heavy atom. The lowest BCUT2D eigenvalue weighted by atomic mass is 10.2. The maximum atomic E-state index is 6.06. The molecule has 0 bridgehead atoms. The summed E-state index contributed by atoms with van der Waals surface area (Å²) in [5, 5.41) is 1.84. The van der Waals surface area contributed by atoms with E-state index in [2.05, 4.69) is 11.9 Å². The van der Waals surface area contributed by atoms with Crippen LogP contribution in [0.25, 0.3) is 10.2 Å². The number of hydrogen-bond donors (Lipinski definition) is 1. The molecule has 0 amide bonds. The van der Waals surface area contributed by atoms with Gasteiger partial charge in [-0.1, -0.05) is 24.6 Å². The van der Waals surface area contributed by atoms with Crippen molar-refractivity contribution in [2.45, 2.75) is 12.8 Å². The van der Waals surface area contributed by atoms with Gasteiger partial charge in [-0.15, -0.1) is 11.3 Å². The van der Waals surface area contributed by atoms with E-state index < -0.39 is 0 Å². The zero-order valence-corrected chi connectivity index (χ0v) is 9.40.